The zero-order valence-electron chi connectivity index (χ0n) is 7.99. The van der Waals surface area contributed by atoms with Crippen molar-refractivity contribution in [1.82, 2.24) is 5.16 Å². The van der Waals surface area contributed by atoms with Gasteiger partial charge in [-0.05, 0) is 24.6 Å². The highest BCUT2D eigenvalue weighted by atomic mass is 79.9. The van der Waals surface area contributed by atoms with Crippen LogP contribution in [0.5, 0.6) is 0 Å². The number of hydrogen-bond donors (Lipinski definition) is 0. The van der Waals surface area contributed by atoms with E-state index < -0.39 is 0 Å². The molecular formula is C10H8BrNO3. The SMILES string of the molecule is CCc1noc2ccc(Br)cc12.O=C=O. The second-order valence-corrected chi connectivity index (χ2v) is 3.62. The minimum absolute atomic E-state index is 0.250. The second-order valence-electron chi connectivity index (χ2n) is 2.71. The highest BCUT2D eigenvalue weighted by Gasteiger charge is 2.05. The van der Waals surface area contributed by atoms with Gasteiger partial charge in [0.05, 0.1) is 5.69 Å². The third-order valence-corrected chi connectivity index (χ3v) is 2.33. The molecule has 5 heteroatoms. The Labute approximate surface area is 94.4 Å². The van der Waals surface area contributed by atoms with E-state index in [4.69, 9.17) is 14.1 Å². The molecule has 15 heavy (non-hydrogen) atoms. The van der Waals surface area contributed by atoms with E-state index in [1.807, 2.05) is 18.2 Å². The van der Waals surface area contributed by atoms with E-state index in [0.717, 1.165) is 27.6 Å². The lowest BCUT2D eigenvalue weighted by molar-refractivity contribution is -0.191. The number of benzene rings is 1. The van der Waals surface area contributed by atoms with Crippen molar-refractivity contribution in [2.75, 3.05) is 0 Å². The Morgan fingerprint density at radius 3 is 2.73 bits per heavy atom. The van der Waals surface area contributed by atoms with Crippen LogP contribution in [-0.2, 0) is 16.0 Å². The van der Waals surface area contributed by atoms with E-state index in [1.54, 1.807) is 0 Å². The van der Waals surface area contributed by atoms with Gasteiger partial charge in [-0.25, -0.2) is 0 Å². The molecule has 0 radical (unpaired) electrons. The van der Waals surface area contributed by atoms with Crippen LogP contribution in [0.1, 0.15) is 12.6 Å². The minimum atomic E-state index is 0.250. The van der Waals surface area contributed by atoms with Crippen molar-refractivity contribution in [2.45, 2.75) is 13.3 Å². The summed E-state index contributed by atoms with van der Waals surface area (Å²) in [4.78, 5) is 16.2. The summed E-state index contributed by atoms with van der Waals surface area (Å²) in [6, 6.07) is 5.91. The lowest BCUT2D eigenvalue weighted by Gasteiger charge is -1.90. The minimum Gasteiger partial charge on any atom is -0.356 e. The first kappa shape index (κ1) is 11.6. The number of hydrogen-bond acceptors (Lipinski definition) is 4. The molecule has 0 amide bonds. The fourth-order valence-corrected chi connectivity index (χ4v) is 1.58. The third-order valence-electron chi connectivity index (χ3n) is 1.84. The Kier molecular flexibility index (Phi) is 4.21. The van der Waals surface area contributed by atoms with Gasteiger partial charge < -0.3 is 4.52 Å². The van der Waals surface area contributed by atoms with Gasteiger partial charge in [0.2, 0.25) is 0 Å². The predicted molar refractivity (Wildman–Crippen MR) is 56.1 cm³/mol. The number of aromatic nitrogens is 1. The fraction of sp³-hybridized carbons (Fsp3) is 0.200. The number of halogens is 1. The lowest BCUT2D eigenvalue weighted by atomic mass is 10.2. The maximum absolute atomic E-state index is 8.12. The van der Waals surface area contributed by atoms with Gasteiger partial charge in [-0.15, -0.1) is 0 Å². The molecule has 0 aliphatic heterocycles. The van der Waals surface area contributed by atoms with E-state index >= 15 is 0 Å². The molecule has 0 spiro atoms. The summed E-state index contributed by atoms with van der Waals surface area (Å²) in [5.74, 6) is 0. The largest absolute Gasteiger partial charge is 0.373 e. The van der Waals surface area contributed by atoms with Crippen LogP contribution < -0.4 is 0 Å². The standard InChI is InChI=1S/C9H8BrNO.CO2/c1-2-8-7-5-6(10)3-4-9(7)12-11-8;2-1-3/h3-5H,2H2,1H3;. The number of aryl methyl sites for hydroxylation is 1. The van der Waals surface area contributed by atoms with Crippen molar-refractivity contribution in [2.24, 2.45) is 0 Å². The molecule has 78 valence electrons. The average Bonchev–Trinajstić information content (AvgIpc) is 2.61. The van der Waals surface area contributed by atoms with Gasteiger partial charge >= 0.3 is 6.15 Å². The summed E-state index contributed by atoms with van der Waals surface area (Å²) in [5, 5.41) is 5.06. The first-order valence-electron chi connectivity index (χ1n) is 4.26. The number of rotatable bonds is 1. The normalized spacial score (nSPS) is 9.20. The average molecular weight is 270 g/mol. The Bertz CT molecular complexity index is 486. The monoisotopic (exact) mass is 269 g/mol. The molecule has 4 nitrogen and oxygen atoms in total. The van der Waals surface area contributed by atoms with Crippen molar-refractivity contribution in [1.29, 1.82) is 0 Å². The fourth-order valence-electron chi connectivity index (χ4n) is 1.22. The van der Waals surface area contributed by atoms with E-state index in [9.17, 15) is 0 Å². The molecule has 1 aromatic carbocycles. The lowest BCUT2D eigenvalue weighted by Crippen LogP contribution is -1.78. The second kappa shape index (κ2) is 5.44. The maximum atomic E-state index is 8.12. The zero-order valence-corrected chi connectivity index (χ0v) is 9.58. The molecule has 0 aliphatic carbocycles. The highest BCUT2D eigenvalue weighted by molar-refractivity contribution is 9.10. The molecule has 0 fully saturated rings. The molecule has 2 aromatic rings. The molecule has 0 aliphatic rings. The van der Waals surface area contributed by atoms with E-state index in [0.29, 0.717) is 0 Å². The van der Waals surface area contributed by atoms with Crippen LogP contribution in [0.25, 0.3) is 11.0 Å². The van der Waals surface area contributed by atoms with E-state index in [2.05, 4.69) is 28.0 Å². The van der Waals surface area contributed by atoms with Crippen LogP contribution in [0.3, 0.4) is 0 Å². The van der Waals surface area contributed by atoms with Gasteiger partial charge in [-0.1, -0.05) is 28.0 Å². The summed E-state index contributed by atoms with van der Waals surface area (Å²) in [6.45, 7) is 2.07. The zero-order chi connectivity index (χ0) is 11.3. The van der Waals surface area contributed by atoms with Crippen LogP contribution in [0.15, 0.2) is 27.2 Å². The molecular weight excluding hydrogens is 262 g/mol. The van der Waals surface area contributed by atoms with Crippen molar-refractivity contribution in [3.8, 4) is 0 Å². The molecule has 0 N–H and O–H groups in total. The molecule has 2 rings (SSSR count). The molecule has 0 bridgehead atoms. The summed E-state index contributed by atoms with van der Waals surface area (Å²) < 4.78 is 6.19. The topological polar surface area (TPSA) is 60.2 Å². The Morgan fingerprint density at radius 1 is 1.47 bits per heavy atom. The van der Waals surface area contributed by atoms with Gasteiger partial charge in [0, 0.05) is 9.86 Å². The quantitative estimate of drug-likeness (QED) is 0.799. The number of nitrogens with zero attached hydrogens (tertiary/aromatic N) is 1. The van der Waals surface area contributed by atoms with E-state index in [1.165, 1.54) is 0 Å². The maximum Gasteiger partial charge on any atom is 0.373 e. The van der Waals surface area contributed by atoms with Crippen LogP contribution in [0.4, 0.5) is 0 Å². The van der Waals surface area contributed by atoms with Crippen molar-refractivity contribution < 1.29 is 14.1 Å². The molecule has 1 aromatic heterocycles. The van der Waals surface area contributed by atoms with Gasteiger partial charge in [-0.3, -0.25) is 0 Å². The Balaban J connectivity index is 0.000000337. The van der Waals surface area contributed by atoms with Crippen molar-refractivity contribution in [3.63, 3.8) is 0 Å². The summed E-state index contributed by atoms with van der Waals surface area (Å²) in [5.41, 5.74) is 1.88. The summed E-state index contributed by atoms with van der Waals surface area (Å²) in [7, 11) is 0. The number of fused-ring (bicyclic) bond motifs is 1. The van der Waals surface area contributed by atoms with E-state index in [-0.39, 0.29) is 6.15 Å². The smallest absolute Gasteiger partial charge is 0.356 e. The summed E-state index contributed by atoms with van der Waals surface area (Å²) in [6.07, 6.45) is 1.16. The van der Waals surface area contributed by atoms with Crippen LogP contribution in [0, 0.1) is 0 Å². The third kappa shape index (κ3) is 2.75. The molecule has 0 saturated heterocycles. The van der Waals surface area contributed by atoms with Gasteiger partial charge in [0.15, 0.2) is 5.58 Å². The van der Waals surface area contributed by atoms with Crippen molar-refractivity contribution in [3.05, 3.63) is 28.4 Å². The first-order valence-corrected chi connectivity index (χ1v) is 5.05. The number of carbonyl (C=O) groups excluding carboxylic acids is 2. The Hall–Kier alpha value is -1.45. The van der Waals surface area contributed by atoms with Crippen LogP contribution >= 0.6 is 15.9 Å². The molecule has 0 saturated carbocycles. The van der Waals surface area contributed by atoms with Gasteiger partial charge in [0.1, 0.15) is 0 Å². The predicted octanol–water partition coefficient (Wildman–Crippen LogP) is 2.57. The molecule has 0 unspecified atom stereocenters. The summed E-state index contributed by atoms with van der Waals surface area (Å²) >= 11 is 3.41. The molecule has 0 atom stereocenters. The van der Waals surface area contributed by atoms with Gasteiger partial charge in [0.25, 0.3) is 0 Å². The first-order chi connectivity index (χ1) is 7.22. The van der Waals surface area contributed by atoms with Crippen LogP contribution in [0.2, 0.25) is 0 Å². The van der Waals surface area contributed by atoms with Crippen molar-refractivity contribution >= 4 is 33.1 Å². The highest BCUT2D eigenvalue weighted by Crippen LogP contribution is 2.22. The van der Waals surface area contributed by atoms with Gasteiger partial charge in [-0.2, -0.15) is 9.59 Å². The Morgan fingerprint density at radius 2 is 2.13 bits per heavy atom. The molecule has 1 heterocycles. The van der Waals surface area contributed by atoms with Crippen LogP contribution in [-0.4, -0.2) is 11.3 Å².